The highest BCUT2D eigenvalue weighted by molar-refractivity contribution is 14.0. The first-order valence-electron chi connectivity index (χ1n) is 10.5. The molecule has 158 valence electrons. The molecule has 1 saturated carbocycles. The molecule has 2 aromatic rings. The number of hydrogen-bond donors (Lipinski definition) is 2. The van der Waals surface area contributed by atoms with Gasteiger partial charge in [0.15, 0.2) is 5.96 Å². The van der Waals surface area contributed by atoms with Gasteiger partial charge in [0.05, 0.1) is 11.4 Å². The van der Waals surface area contributed by atoms with Crippen molar-refractivity contribution in [2.24, 2.45) is 4.99 Å². The van der Waals surface area contributed by atoms with Gasteiger partial charge in [-0.15, -0.1) is 24.0 Å². The van der Waals surface area contributed by atoms with Crippen molar-refractivity contribution in [1.29, 1.82) is 0 Å². The smallest absolute Gasteiger partial charge is 0.191 e. The summed E-state index contributed by atoms with van der Waals surface area (Å²) in [4.78, 5) is 7.10. The van der Waals surface area contributed by atoms with Crippen molar-refractivity contribution >= 4 is 29.9 Å². The number of benzene rings is 1. The number of aryl methyl sites for hydroxylation is 2. The van der Waals surface area contributed by atoms with E-state index in [1.807, 2.05) is 18.7 Å². The third-order valence-electron chi connectivity index (χ3n) is 5.83. The lowest BCUT2D eigenvalue weighted by molar-refractivity contribution is 0.197. The Kier molecular flexibility index (Phi) is 7.56. The maximum atomic E-state index is 4.65. The molecule has 0 bridgehead atoms. The quantitative estimate of drug-likeness (QED) is 0.370. The molecular weight excluding hydrogens is 475 g/mol. The van der Waals surface area contributed by atoms with Crippen molar-refractivity contribution < 1.29 is 0 Å². The zero-order valence-electron chi connectivity index (χ0n) is 17.7. The molecule has 0 amide bonds. The first kappa shape index (κ1) is 22.1. The summed E-state index contributed by atoms with van der Waals surface area (Å²) < 4.78 is 2.02. The van der Waals surface area contributed by atoms with E-state index in [1.165, 1.54) is 44.3 Å². The van der Waals surface area contributed by atoms with Crippen LogP contribution in [0.2, 0.25) is 0 Å². The van der Waals surface area contributed by atoms with Crippen LogP contribution in [-0.4, -0.2) is 52.9 Å². The first-order chi connectivity index (χ1) is 13.6. The molecule has 2 fully saturated rings. The second kappa shape index (κ2) is 9.93. The Hall–Kier alpha value is -1.61. The van der Waals surface area contributed by atoms with Crippen molar-refractivity contribution in [3.63, 3.8) is 0 Å². The zero-order chi connectivity index (χ0) is 19.5. The maximum Gasteiger partial charge on any atom is 0.191 e. The van der Waals surface area contributed by atoms with Crippen LogP contribution in [0.15, 0.2) is 35.3 Å². The number of halogens is 1. The Balaban J connectivity index is 0.00000240. The van der Waals surface area contributed by atoms with Crippen LogP contribution in [0.1, 0.15) is 42.6 Å². The predicted octanol–water partition coefficient (Wildman–Crippen LogP) is 3.40. The van der Waals surface area contributed by atoms with Crippen LogP contribution < -0.4 is 10.6 Å². The van der Waals surface area contributed by atoms with E-state index >= 15 is 0 Å². The fraction of sp³-hybridized carbons (Fsp3) is 0.545. The fourth-order valence-corrected chi connectivity index (χ4v) is 4.16. The summed E-state index contributed by atoms with van der Waals surface area (Å²) in [6.45, 7) is 7.26. The molecule has 6 nitrogen and oxygen atoms in total. The minimum atomic E-state index is 0. The molecule has 0 radical (unpaired) electrons. The fourth-order valence-electron chi connectivity index (χ4n) is 4.16. The lowest BCUT2D eigenvalue weighted by Gasteiger charge is -2.33. The summed E-state index contributed by atoms with van der Waals surface area (Å²) in [5.74, 6) is 0.882. The molecule has 2 N–H and O–H groups in total. The highest BCUT2D eigenvalue weighted by atomic mass is 127. The van der Waals surface area contributed by atoms with Gasteiger partial charge in [0.25, 0.3) is 0 Å². The number of guanidine groups is 1. The SMILES string of the molecule is CN=C(NCc1ccccc1-n1nc(C)cc1C)NC1CCN(C2CC2)CC1.I. The van der Waals surface area contributed by atoms with Gasteiger partial charge in [-0.3, -0.25) is 4.99 Å². The summed E-state index contributed by atoms with van der Waals surface area (Å²) in [5.41, 5.74) is 4.51. The van der Waals surface area contributed by atoms with Gasteiger partial charge in [0.2, 0.25) is 0 Å². The van der Waals surface area contributed by atoms with Crippen LogP contribution in [0, 0.1) is 13.8 Å². The minimum Gasteiger partial charge on any atom is -0.354 e. The zero-order valence-corrected chi connectivity index (χ0v) is 20.0. The van der Waals surface area contributed by atoms with Gasteiger partial charge in [0.1, 0.15) is 0 Å². The van der Waals surface area contributed by atoms with Crippen LogP contribution in [0.4, 0.5) is 0 Å². The maximum absolute atomic E-state index is 4.65. The van der Waals surface area contributed by atoms with E-state index in [1.54, 1.807) is 0 Å². The highest BCUT2D eigenvalue weighted by Gasteiger charge is 2.31. The number of para-hydroxylation sites is 1. The van der Waals surface area contributed by atoms with E-state index in [2.05, 4.69) is 62.9 Å². The number of nitrogens with one attached hydrogen (secondary N) is 2. The van der Waals surface area contributed by atoms with Gasteiger partial charge in [0, 0.05) is 44.5 Å². The Morgan fingerprint density at radius 3 is 2.48 bits per heavy atom. The highest BCUT2D eigenvalue weighted by Crippen LogP contribution is 2.29. The van der Waals surface area contributed by atoms with Crippen LogP contribution in [0.5, 0.6) is 0 Å². The molecule has 7 heteroatoms. The first-order valence-corrected chi connectivity index (χ1v) is 10.5. The number of rotatable bonds is 5. The Bertz CT molecular complexity index is 834. The minimum absolute atomic E-state index is 0. The lowest BCUT2D eigenvalue weighted by Crippen LogP contribution is -2.48. The van der Waals surface area contributed by atoms with Crippen molar-refractivity contribution in [1.82, 2.24) is 25.3 Å². The molecular formula is C22H33IN6. The summed E-state index contributed by atoms with van der Waals surface area (Å²) in [5, 5.41) is 11.8. The summed E-state index contributed by atoms with van der Waals surface area (Å²) >= 11 is 0. The number of nitrogens with zero attached hydrogens (tertiary/aromatic N) is 4. The van der Waals surface area contributed by atoms with E-state index in [0.29, 0.717) is 6.04 Å². The molecule has 1 aliphatic heterocycles. The lowest BCUT2D eigenvalue weighted by atomic mass is 10.1. The standard InChI is InChI=1S/C22H32N6.HI/c1-16-14-17(2)28(26-16)21-7-5-4-6-18(21)15-24-22(23-3)25-19-10-12-27(13-11-19)20-8-9-20;/h4-7,14,19-20H,8-13,15H2,1-3H3,(H2,23,24,25);1H. The van der Waals surface area contributed by atoms with Crippen molar-refractivity contribution in [3.8, 4) is 5.69 Å². The van der Waals surface area contributed by atoms with Crippen molar-refractivity contribution in [3.05, 3.63) is 47.3 Å². The topological polar surface area (TPSA) is 57.5 Å². The van der Waals surface area contributed by atoms with E-state index in [0.717, 1.165) is 35.6 Å². The van der Waals surface area contributed by atoms with E-state index in [-0.39, 0.29) is 24.0 Å². The summed E-state index contributed by atoms with van der Waals surface area (Å²) in [6, 6.07) is 11.9. The van der Waals surface area contributed by atoms with E-state index < -0.39 is 0 Å². The number of likely N-dealkylation sites (tertiary alicyclic amines) is 1. The molecule has 1 saturated heterocycles. The van der Waals surface area contributed by atoms with Gasteiger partial charge in [-0.25, -0.2) is 4.68 Å². The van der Waals surface area contributed by atoms with Crippen molar-refractivity contribution in [2.75, 3.05) is 20.1 Å². The monoisotopic (exact) mass is 508 g/mol. The molecule has 1 aromatic carbocycles. The molecule has 0 spiro atoms. The summed E-state index contributed by atoms with van der Waals surface area (Å²) in [7, 11) is 1.85. The predicted molar refractivity (Wildman–Crippen MR) is 129 cm³/mol. The second-order valence-corrected chi connectivity index (χ2v) is 8.08. The second-order valence-electron chi connectivity index (χ2n) is 8.08. The van der Waals surface area contributed by atoms with Crippen LogP contribution >= 0.6 is 24.0 Å². The largest absolute Gasteiger partial charge is 0.354 e. The molecule has 0 atom stereocenters. The number of aromatic nitrogens is 2. The van der Waals surface area contributed by atoms with Gasteiger partial charge in [-0.05, 0) is 57.2 Å². The van der Waals surface area contributed by atoms with Crippen LogP contribution in [0.25, 0.3) is 5.69 Å². The number of piperidine rings is 1. The van der Waals surface area contributed by atoms with Gasteiger partial charge in [-0.1, -0.05) is 18.2 Å². The van der Waals surface area contributed by atoms with Crippen LogP contribution in [0.3, 0.4) is 0 Å². The Morgan fingerprint density at radius 2 is 1.86 bits per heavy atom. The Morgan fingerprint density at radius 1 is 1.14 bits per heavy atom. The van der Waals surface area contributed by atoms with Gasteiger partial charge >= 0.3 is 0 Å². The number of hydrogen-bond acceptors (Lipinski definition) is 3. The molecule has 0 unspecified atom stereocenters. The molecule has 2 heterocycles. The van der Waals surface area contributed by atoms with Crippen molar-refractivity contribution in [2.45, 2.75) is 58.2 Å². The van der Waals surface area contributed by atoms with Gasteiger partial charge < -0.3 is 15.5 Å². The molecule has 4 rings (SSSR count). The average molecular weight is 508 g/mol. The molecule has 29 heavy (non-hydrogen) atoms. The third kappa shape index (κ3) is 5.51. The third-order valence-corrected chi connectivity index (χ3v) is 5.83. The molecule has 1 aliphatic carbocycles. The van der Waals surface area contributed by atoms with Crippen LogP contribution in [-0.2, 0) is 6.54 Å². The normalized spacial score (nSPS) is 18.4. The van der Waals surface area contributed by atoms with E-state index in [4.69, 9.17) is 0 Å². The Labute approximate surface area is 191 Å². The number of aliphatic imine (C=N–C) groups is 1. The molecule has 1 aromatic heterocycles. The summed E-state index contributed by atoms with van der Waals surface area (Å²) in [6.07, 6.45) is 5.19. The average Bonchev–Trinajstić information content (AvgIpc) is 3.50. The van der Waals surface area contributed by atoms with E-state index in [9.17, 15) is 0 Å². The molecule has 2 aliphatic rings. The van der Waals surface area contributed by atoms with Gasteiger partial charge in [-0.2, -0.15) is 5.10 Å².